The van der Waals surface area contributed by atoms with E-state index in [-0.39, 0.29) is 5.91 Å². The van der Waals surface area contributed by atoms with Crippen LogP contribution < -0.4 is 5.32 Å². The van der Waals surface area contributed by atoms with Gasteiger partial charge in [0.25, 0.3) is 0 Å². The smallest absolute Gasteiger partial charge is 0.249 e. The van der Waals surface area contributed by atoms with Crippen LogP contribution in [0.1, 0.15) is 11.3 Å². The first-order chi connectivity index (χ1) is 10.0. The molecule has 5 nitrogen and oxygen atoms in total. The number of rotatable bonds is 5. The minimum atomic E-state index is -0.229. The minimum Gasteiger partial charge on any atom is -0.306 e. The van der Waals surface area contributed by atoms with Gasteiger partial charge in [-0.25, -0.2) is 0 Å². The van der Waals surface area contributed by atoms with Gasteiger partial charge in [-0.15, -0.1) is 0 Å². The molecule has 0 fully saturated rings. The average Bonchev–Trinajstić information content (AvgIpc) is 2.84. The van der Waals surface area contributed by atoms with Crippen molar-refractivity contribution in [2.24, 2.45) is 0 Å². The number of carbonyl (C=O) groups excluding carboxylic acids is 1. The number of nitrogens with one attached hydrogen (secondary N) is 2. The number of carbonyl (C=O) groups is 1. The summed E-state index contributed by atoms with van der Waals surface area (Å²) < 4.78 is 0. The molecule has 0 aliphatic rings. The van der Waals surface area contributed by atoms with Gasteiger partial charge in [-0.2, -0.15) is 5.10 Å². The van der Waals surface area contributed by atoms with Crippen LogP contribution in [0, 0.1) is 0 Å². The molecule has 1 heterocycles. The molecule has 0 radical (unpaired) electrons. The van der Waals surface area contributed by atoms with Crippen LogP contribution in [0.25, 0.3) is 6.08 Å². The maximum absolute atomic E-state index is 11.8. The molecule has 0 bridgehead atoms. The van der Waals surface area contributed by atoms with Crippen molar-refractivity contribution < 1.29 is 4.79 Å². The molecule has 2 N–H and O–H groups in total. The van der Waals surface area contributed by atoms with E-state index in [0.717, 1.165) is 17.8 Å². The molecule has 0 aliphatic heterocycles. The number of benzene rings is 1. The second-order valence-electron chi connectivity index (χ2n) is 4.89. The van der Waals surface area contributed by atoms with Crippen molar-refractivity contribution in [3.63, 3.8) is 0 Å². The van der Waals surface area contributed by atoms with Gasteiger partial charge < -0.3 is 10.2 Å². The highest BCUT2D eigenvalue weighted by Gasteiger charge is 2.04. The van der Waals surface area contributed by atoms with Gasteiger partial charge >= 0.3 is 0 Å². The van der Waals surface area contributed by atoms with Crippen molar-refractivity contribution >= 4 is 29.4 Å². The molecule has 0 saturated carbocycles. The maximum Gasteiger partial charge on any atom is 0.249 e. The Balaban J connectivity index is 1.92. The second kappa shape index (κ2) is 7.06. The lowest BCUT2D eigenvalue weighted by atomic mass is 10.2. The molecule has 0 unspecified atom stereocenters. The SMILES string of the molecule is CN(C)Cc1cc(NC(=O)/C=C/c2ccc(Cl)cc2)n[nH]1. The van der Waals surface area contributed by atoms with E-state index in [1.807, 2.05) is 37.2 Å². The van der Waals surface area contributed by atoms with E-state index in [0.29, 0.717) is 10.8 Å². The molecule has 0 atom stereocenters. The fraction of sp³-hybridized carbons (Fsp3) is 0.200. The molecule has 1 aromatic carbocycles. The minimum absolute atomic E-state index is 0.229. The zero-order chi connectivity index (χ0) is 15.2. The highest BCUT2D eigenvalue weighted by molar-refractivity contribution is 6.30. The largest absolute Gasteiger partial charge is 0.306 e. The van der Waals surface area contributed by atoms with Crippen molar-refractivity contribution in [1.29, 1.82) is 0 Å². The number of hydrogen-bond donors (Lipinski definition) is 2. The Bertz CT molecular complexity index is 631. The maximum atomic E-state index is 11.8. The van der Waals surface area contributed by atoms with Crippen LogP contribution in [0.3, 0.4) is 0 Å². The molecule has 6 heteroatoms. The van der Waals surface area contributed by atoms with Gasteiger partial charge in [-0.3, -0.25) is 9.89 Å². The molecule has 2 rings (SSSR count). The van der Waals surface area contributed by atoms with Gasteiger partial charge in [0, 0.05) is 23.7 Å². The highest BCUT2D eigenvalue weighted by atomic mass is 35.5. The Kier molecular flexibility index (Phi) is 5.14. The summed E-state index contributed by atoms with van der Waals surface area (Å²) in [6.07, 6.45) is 3.18. The molecule has 1 amide bonds. The first-order valence-corrected chi connectivity index (χ1v) is 6.84. The number of hydrogen-bond acceptors (Lipinski definition) is 3. The van der Waals surface area contributed by atoms with E-state index in [4.69, 9.17) is 11.6 Å². The Hall–Kier alpha value is -2.11. The summed E-state index contributed by atoms with van der Waals surface area (Å²) in [6.45, 7) is 0.740. The Morgan fingerprint density at radius 1 is 1.38 bits per heavy atom. The van der Waals surface area contributed by atoms with E-state index in [9.17, 15) is 4.79 Å². The topological polar surface area (TPSA) is 61.0 Å². The average molecular weight is 305 g/mol. The van der Waals surface area contributed by atoms with E-state index in [1.54, 1.807) is 18.2 Å². The second-order valence-corrected chi connectivity index (χ2v) is 5.33. The zero-order valence-corrected chi connectivity index (χ0v) is 12.7. The van der Waals surface area contributed by atoms with E-state index >= 15 is 0 Å². The van der Waals surface area contributed by atoms with Crippen LogP contribution in [0.15, 0.2) is 36.4 Å². The Morgan fingerprint density at radius 2 is 2.10 bits per heavy atom. The molecule has 0 saturated heterocycles. The van der Waals surface area contributed by atoms with Gasteiger partial charge in [0.2, 0.25) is 5.91 Å². The van der Waals surface area contributed by atoms with Crippen LogP contribution >= 0.6 is 11.6 Å². The number of nitrogens with zero attached hydrogens (tertiary/aromatic N) is 2. The third kappa shape index (κ3) is 5.06. The van der Waals surface area contributed by atoms with Crippen molar-refractivity contribution in [3.05, 3.63) is 52.7 Å². The lowest BCUT2D eigenvalue weighted by Gasteiger charge is -2.05. The Morgan fingerprint density at radius 3 is 2.76 bits per heavy atom. The standard InChI is InChI=1S/C15H17ClN4O/c1-20(2)10-13-9-14(19-18-13)17-15(21)8-5-11-3-6-12(16)7-4-11/h3-9H,10H2,1-2H3,(H2,17,18,19,21)/b8-5+. The lowest BCUT2D eigenvalue weighted by molar-refractivity contribution is -0.111. The fourth-order valence-electron chi connectivity index (χ4n) is 1.76. The molecule has 110 valence electrons. The van der Waals surface area contributed by atoms with Gasteiger partial charge in [0.05, 0.1) is 5.69 Å². The summed E-state index contributed by atoms with van der Waals surface area (Å²) in [5, 5.41) is 10.3. The summed E-state index contributed by atoms with van der Waals surface area (Å²) in [5.74, 6) is 0.283. The molecular formula is C15H17ClN4O. The van der Waals surface area contributed by atoms with Gasteiger partial charge in [0.15, 0.2) is 5.82 Å². The summed E-state index contributed by atoms with van der Waals surface area (Å²) in [6, 6.07) is 9.06. The van der Waals surface area contributed by atoms with Crippen LogP contribution in [0.5, 0.6) is 0 Å². The molecule has 0 spiro atoms. The summed E-state index contributed by atoms with van der Waals surface area (Å²) in [7, 11) is 3.93. The third-order valence-corrected chi connectivity index (χ3v) is 2.92. The normalized spacial score (nSPS) is 11.2. The molecular weight excluding hydrogens is 288 g/mol. The number of anilines is 1. The molecule has 1 aromatic heterocycles. The lowest BCUT2D eigenvalue weighted by Crippen LogP contribution is -2.10. The zero-order valence-electron chi connectivity index (χ0n) is 11.9. The van der Waals surface area contributed by atoms with Crippen molar-refractivity contribution in [3.8, 4) is 0 Å². The summed E-state index contributed by atoms with van der Waals surface area (Å²) >= 11 is 5.80. The van der Waals surface area contributed by atoms with Crippen molar-refractivity contribution in [2.75, 3.05) is 19.4 Å². The quantitative estimate of drug-likeness (QED) is 0.835. The monoisotopic (exact) mass is 304 g/mol. The van der Waals surface area contributed by atoms with E-state index in [2.05, 4.69) is 15.5 Å². The van der Waals surface area contributed by atoms with Crippen LogP contribution in [-0.4, -0.2) is 35.1 Å². The number of amides is 1. The summed E-state index contributed by atoms with van der Waals surface area (Å²) in [4.78, 5) is 13.8. The Labute approximate surface area is 128 Å². The third-order valence-electron chi connectivity index (χ3n) is 2.67. The molecule has 0 aliphatic carbocycles. The highest BCUT2D eigenvalue weighted by Crippen LogP contribution is 2.11. The van der Waals surface area contributed by atoms with E-state index < -0.39 is 0 Å². The van der Waals surface area contributed by atoms with Crippen LogP contribution in [-0.2, 0) is 11.3 Å². The number of H-pyrrole nitrogens is 1. The van der Waals surface area contributed by atoms with Gasteiger partial charge in [0.1, 0.15) is 0 Å². The first-order valence-electron chi connectivity index (χ1n) is 6.46. The molecule has 21 heavy (non-hydrogen) atoms. The van der Waals surface area contributed by atoms with Crippen LogP contribution in [0.2, 0.25) is 5.02 Å². The van der Waals surface area contributed by atoms with Crippen molar-refractivity contribution in [2.45, 2.75) is 6.54 Å². The first kappa shape index (κ1) is 15.3. The fourth-order valence-corrected chi connectivity index (χ4v) is 1.89. The number of aromatic amines is 1. The predicted octanol–water partition coefficient (Wildman–Crippen LogP) is 2.78. The molecule has 2 aromatic rings. The predicted molar refractivity (Wildman–Crippen MR) is 85.1 cm³/mol. The van der Waals surface area contributed by atoms with E-state index in [1.165, 1.54) is 6.08 Å². The van der Waals surface area contributed by atoms with Gasteiger partial charge in [-0.1, -0.05) is 23.7 Å². The summed E-state index contributed by atoms with van der Waals surface area (Å²) in [5.41, 5.74) is 1.85. The number of aromatic nitrogens is 2. The number of halogens is 1. The van der Waals surface area contributed by atoms with Crippen LogP contribution in [0.4, 0.5) is 5.82 Å². The van der Waals surface area contributed by atoms with Crippen molar-refractivity contribution in [1.82, 2.24) is 15.1 Å². The van der Waals surface area contributed by atoms with Gasteiger partial charge in [-0.05, 0) is 37.9 Å².